The van der Waals surface area contributed by atoms with Crippen LogP contribution in [0.3, 0.4) is 0 Å². The Labute approximate surface area is 193 Å². The number of morpholine rings is 1. The van der Waals surface area contributed by atoms with Crippen molar-refractivity contribution in [3.8, 4) is 5.75 Å². The molecule has 10 nitrogen and oxygen atoms in total. The maximum absolute atomic E-state index is 13.1. The van der Waals surface area contributed by atoms with E-state index in [2.05, 4.69) is 4.72 Å². The molecule has 0 aromatic heterocycles. The van der Waals surface area contributed by atoms with Crippen molar-refractivity contribution in [2.45, 2.75) is 22.6 Å². The summed E-state index contributed by atoms with van der Waals surface area (Å²) in [7, 11) is -6.56. The third kappa shape index (κ3) is 4.83. The lowest BCUT2D eigenvalue weighted by molar-refractivity contribution is -0.117. The van der Waals surface area contributed by atoms with Crippen LogP contribution in [-0.4, -0.2) is 67.0 Å². The number of rotatable bonds is 7. The molecule has 2 aromatic carbocycles. The van der Waals surface area contributed by atoms with Gasteiger partial charge in [-0.05, 0) is 48.9 Å². The van der Waals surface area contributed by atoms with E-state index in [0.717, 1.165) is 6.42 Å². The van der Waals surface area contributed by atoms with Crippen LogP contribution in [0.1, 0.15) is 12.8 Å². The Morgan fingerprint density at radius 1 is 0.970 bits per heavy atom. The number of benzene rings is 2. The van der Waals surface area contributed by atoms with E-state index in [9.17, 15) is 21.6 Å². The van der Waals surface area contributed by atoms with Crippen molar-refractivity contribution >= 4 is 37.3 Å². The number of nitrogens with zero attached hydrogens (tertiary/aromatic N) is 2. The van der Waals surface area contributed by atoms with Crippen molar-refractivity contribution in [1.29, 1.82) is 0 Å². The summed E-state index contributed by atoms with van der Waals surface area (Å²) in [6.45, 7) is 1.58. The summed E-state index contributed by atoms with van der Waals surface area (Å²) in [5.74, 6) is 0.125. The average Bonchev–Trinajstić information content (AvgIpc) is 3.25. The van der Waals surface area contributed by atoms with Crippen molar-refractivity contribution in [2.75, 3.05) is 49.6 Å². The predicted molar refractivity (Wildman–Crippen MR) is 121 cm³/mol. The number of methoxy groups -OCH3 is 1. The quantitative estimate of drug-likeness (QED) is 0.620. The highest BCUT2D eigenvalue weighted by Crippen LogP contribution is 2.31. The normalized spacial score (nSPS) is 17.8. The first-order valence-corrected chi connectivity index (χ1v) is 13.3. The van der Waals surface area contributed by atoms with Crippen LogP contribution in [0.2, 0.25) is 0 Å². The first-order chi connectivity index (χ1) is 15.7. The molecule has 2 fully saturated rings. The summed E-state index contributed by atoms with van der Waals surface area (Å²) < 4.78 is 66.2. The van der Waals surface area contributed by atoms with E-state index < -0.39 is 20.0 Å². The molecule has 33 heavy (non-hydrogen) atoms. The van der Waals surface area contributed by atoms with E-state index in [-0.39, 0.29) is 53.4 Å². The van der Waals surface area contributed by atoms with Crippen LogP contribution < -0.4 is 14.4 Å². The Hall–Kier alpha value is -2.67. The largest absolute Gasteiger partial charge is 0.495 e. The number of sulfonamides is 2. The van der Waals surface area contributed by atoms with Gasteiger partial charge in [-0.3, -0.25) is 9.52 Å². The number of anilines is 2. The van der Waals surface area contributed by atoms with Crippen LogP contribution in [0.4, 0.5) is 11.4 Å². The molecule has 2 aliphatic rings. The Morgan fingerprint density at radius 3 is 2.27 bits per heavy atom. The molecule has 1 amide bonds. The predicted octanol–water partition coefficient (Wildman–Crippen LogP) is 1.64. The van der Waals surface area contributed by atoms with Crippen molar-refractivity contribution in [3.05, 3.63) is 42.5 Å². The van der Waals surface area contributed by atoms with E-state index in [1.165, 1.54) is 41.7 Å². The number of carbonyl (C=O) groups is 1. The van der Waals surface area contributed by atoms with E-state index in [4.69, 9.17) is 9.47 Å². The van der Waals surface area contributed by atoms with E-state index >= 15 is 0 Å². The smallest absolute Gasteiger partial charge is 0.261 e. The number of carbonyl (C=O) groups excluding carboxylic acids is 1. The molecule has 2 aliphatic heterocycles. The number of amides is 1. The van der Waals surface area contributed by atoms with E-state index in [0.29, 0.717) is 18.7 Å². The summed E-state index contributed by atoms with van der Waals surface area (Å²) in [6, 6.07) is 10.1. The number of nitrogens with one attached hydrogen (secondary N) is 1. The lowest BCUT2D eigenvalue weighted by Crippen LogP contribution is -2.40. The van der Waals surface area contributed by atoms with Gasteiger partial charge in [-0.1, -0.05) is 0 Å². The molecule has 12 heteroatoms. The molecular formula is C21H25N3O7S2. The summed E-state index contributed by atoms with van der Waals surface area (Å²) in [5.41, 5.74) is 0.723. The molecule has 2 aromatic rings. The van der Waals surface area contributed by atoms with Gasteiger partial charge in [0.2, 0.25) is 15.9 Å². The minimum absolute atomic E-state index is 0.00806. The summed E-state index contributed by atoms with van der Waals surface area (Å²) in [6.07, 6.45) is 1.25. The van der Waals surface area contributed by atoms with Gasteiger partial charge in [0.1, 0.15) is 10.6 Å². The number of ether oxygens (including phenoxy) is 2. The molecule has 0 unspecified atom stereocenters. The minimum atomic E-state index is -4.00. The van der Waals surface area contributed by atoms with Gasteiger partial charge in [-0.25, -0.2) is 16.8 Å². The Balaban J connectivity index is 1.59. The van der Waals surface area contributed by atoms with Gasteiger partial charge in [0, 0.05) is 31.7 Å². The lowest BCUT2D eigenvalue weighted by Gasteiger charge is -2.26. The fraction of sp³-hybridized carbons (Fsp3) is 0.381. The Bertz CT molecular complexity index is 1240. The number of hydrogen-bond acceptors (Lipinski definition) is 7. The third-order valence-electron chi connectivity index (χ3n) is 5.54. The highest BCUT2D eigenvalue weighted by atomic mass is 32.2. The molecule has 2 saturated heterocycles. The molecule has 178 valence electrons. The monoisotopic (exact) mass is 495 g/mol. The molecule has 2 heterocycles. The van der Waals surface area contributed by atoms with E-state index in [1.807, 2.05) is 0 Å². The molecule has 0 atom stereocenters. The zero-order chi connectivity index (χ0) is 23.6. The van der Waals surface area contributed by atoms with Gasteiger partial charge in [0.05, 0.1) is 30.9 Å². The first kappa shape index (κ1) is 23.5. The Kier molecular flexibility index (Phi) is 6.61. The van der Waals surface area contributed by atoms with Gasteiger partial charge in [0.25, 0.3) is 10.0 Å². The van der Waals surface area contributed by atoms with Crippen molar-refractivity contribution in [3.63, 3.8) is 0 Å². The lowest BCUT2D eigenvalue weighted by atomic mass is 10.3. The topological polar surface area (TPSA) is 122 Å². The van der Waals surface area contributed by atoms with Crippen LogP contribution in [0.5, 0.6) is 5.75 Å². The summed E-state index contributed by atoms with van der Waals surface area (Å²) in [4.78, 5) is 13.4. The van der Waals surface area contributed by atoms with Gasteiger partial charge >= 0.3 is 0 Å². The minimum Gasteiger partial charge on any atom is -0.495 e. The van der Waals surface area contributed by atoms with Gasteiger partial charge in [0.15, 0.2) is 0 Å². The van der Waals surface area contributed by atoms with Crippen LogP contribution in [0.15, 0.2) is 52.3 Å². The zero-order valence-corrected chi connectivity index (χ0v) is 19.7. The highest BCUT2D eigenvalue weighted by molar-refractivity contribution is 7.92. The SMILES string of the molecule is COc1ccc(NS(=O)(=O)c2ccc(N3CCCC3=O)cc2)cc1S(=O)(=O)N1CCOCC1. The van der Waals surface area contributed by atoms with Crippen LogP contribution in [0, 0.1) is 0 Å². The highest BCUT2D eigenvalue weighted by Gasteiger charge is 2.30. The fourth-order valence-corrected chi connectivity index (χ4v) is 6.45. The molecular weight excluding hydrogens is 470 g/mol. The molecule has 0 aliphatic carbocycles. The van der Waals surface area contributed by atoms with Crippen LogP contribution in [-0.2, 0) is 29.6 Å². The van der Waals surface area contributed by atoms with Crippen LogP contribution >= 0.6 is 0 Å². The summed E-state index contributed by atoms with van der Waals surface area (Å²) in [5, 5.41) is 0. The van der Waals surface area contributed by atoms with Crippen molar-refractivity contribution in [2.24, 2.45) is 0 Å². The maximum atomic E-state index is 13.1. The second kappa shape index (κ2) is 9.29. The van der Waals surface area contributed by atoms with Gasteiger partial charge in [-0.2, -0.15) is 4.31 Å². The maximum Gasteiger partial charge on any atom is 0.261 e. The third-order valence-corrected chi connectivity index (χ3v) is 8.85. The molecule has 4 rings (SSSR count). The molecule has 0 radical (unpaired) electrons. The van der Waals surface area contributed by atoms with Crippen LogP contribution in [0.25, 0.3) is 0 Å². The standard InChI is InChI=1S/C21H25N3O7S2/c1-30-19-9-4-16(15-20(19)33(28,29)23-11-13-31-14-12-23)22-32(26,27)18-7-5-17(6-8-18)24-10-2-3-21(24)25/h4-9,15,22H,2-3,10-14H2,1H3. The fourth-order valence-electron chi connectivity index (χ4n) is 3.81. The zero-order valence-electron chi connectivity index (χ0n) is 18.1. The second-order valence-electron chi connectivity index (χ2n) is 7.63. The average molecular weight is 496 g/mol. The van der Waals surface area contributed by atoms with Gasteiger partial charge < -0.3 is 14.4 Å². The van der Waals surface area contributed by atoms with Gasteiger partial charge in [-0.15, -0.1) is 0 Å². The molecule has 0 saturated carbocycles. The van der Waals surface area contributed by atoms with Crippen molar-refractivity contribution < 1.29 is 31.1 Å². The summed E-state index contributed by atoms with van der Waals surface area (Å²) >= 11 is 0. The van der Waals surface area contributed by atoms with E-state index in [1.54, 1.807) is 17.0 Å². The Morgan fingerprint density at radius 2 is 1.67 bits per heavy atom. The van der Waals surface area contributed by atoms with Crippen molar-refractivity contribution in [1.82, 2.24) is 4.31 Å². The second-order valence-corrected chi connectivity index (χ2v) is 11.2. The molecule has 0 spiro atoms. The molecule has 1 N–H and O–H groups in total. The molecule has 0 bridgehead atoms. The number of hydrogen-bond donors (Lipinski definition) is 1. The first-order valence-electron chi connectivity index (χ1n) is 10.4.